The molecule has 0 aliphatic heterocycles. The second-order valence-corrected chi connectivity index (χ2v) is 12.1. The third kappa shape index (κ3) is 7.65. The van der Waals surface area contributed by atoms with Crippen molar-refractivity contribution in [2.75, 3.05) is 24.9 Å². The zero-order valence-electron chi connectivity index (χ0n) is 21.5. The number of nitrogens with zero attached hydrogens (tertiary/aromatic N) is 3. The fraction of sp³-hybridized carbons (Fsp3) is 0.440. The maximum Gasteiger partial charge on any atom is 0.304 e. The van der Waals surface area contributed by atoms with Crippen molar-refractivity contribution in [2.45, 2.75) is 52.2 Å². The minimum absolute atomic E-state index is 0.0270. The molecule has 1 unspecified atom stereocenters. The van der Waals surface area contributed by atoms with Crippen LogP contribution in [0.4, 0.5) is 10.1 Å². The van der Waals surface area contributed by atoms with Crippen LogP contribution in [0.15, 0.2) is 48.5 Å². The largest absolute Gasteiger partial charge is 0.350 e. The molecule has 0 radical (unpaired) electrons. The van der Waals surface area contributed by atoms with Gasteiger partial charge in [0.1, 0.15) is 18.4 Å². The molecule has 0 aliphatic rings. The van der Waals surface area contributed by atoms with E-state index in [2.05, 4.69) is 5.32 Å². The van der Waals surface area contributed by atoms with Crippen LogP contribution in [0.2, 0.25) is 5.02 Å². The minimum atomic E-state index is -4.24. The molecule has 2 amide bonds. The van der Waals surface area contributed by atoms with Crippen molar-refractivity contribution >= 4 is 39.3 Å². The van der Waals surface area contributed by atoms with Crippen LogP contribution in [-0.2, 0) is 26.3 Å². The van der Waals surface area contributed by atoms with Crippen LogP contribution >= 0.6 is 11.6 Å². The lowest BCUT2D eigenvalue weighted by molar-refractivity contribution is -0.141. The van der Waals surface area contributed by atoms with Gasteiger partial charge in [-0.3, -0.25) is 9.59 Å². The van der Waals surface area contributed by atoms with Crippen molar-refractivity contribution in [3.05, 3.63) is 64.9 Å². The summed E-state index contributed by atoms with van der Waals surface area (Å²) in [7, 11) is -1.65. The molecule has 0 saturated heterocycles. The number of amides is 2. The Hall–Kier alpha value is -2.69. The van der Waals surface area contributed by atoms with Gasteiger partial charge >= 0.3 is 10.2 Å². The van der Waals surface area contributed by atoms with Crippen molar-refractivity contribution in [3.63, 3.8) is 0 Å². The van der Waals surface area contributed by atoms with Gasteiger partial charge in [-0.25, -0.2) is 8.70 Å². The van der Waals surface area contributed by atoms with E-state index in [1.54, 1.807) is 31.2 Å². The summed E-state index contributed by atoms with van der Waals surface area (Å²) < 4.78 is 42.5. The van der Waals surface area contributed by atoms with Crippen molar-refractivity contribution in [1.82, 2.24) is 14.5 Å². The number of hydrogen-bond donors (Lipinski definition) is 1. The molecule has 1 atom stereocenters. The lowest BCUT2D eigenvalue weighted by Gasteiger charge is -2.35. The summed E-state index contributed by atoms with van der Waals surface area (Å²) in [5.74, 6) is -1.83. The Bertz CT molecular complexity index is 1170. The Kier molecular flexibility index (Phi) is 9.87. The van der Waals surface area contributed by atoms with Crippen molar-refractivity contribution in [3.8, 4) is 0 Å². The highest BCUT2D eigenvalue weighted by Gasteiger charge is 2.35. The molecule has 11 heteroatoms. The molecule has 0 spiro atoms. The average molecular weight is 541 g/mol. The molecule has 2 aromatic rings. The van der Waals surface area contributed by atoms with E-state index >= 15 is 0 Å². The summed E-state index contributed by atoms with van der Waals surface area (Å²) in [6.45, 7) is 6.57. The summed E-state index contributed by atoms with van der Waals surface area (Å²) in [6, 6.07) is 11.2. The highest BCUT2D eigenvalue weighted by Crippen LogP contribution is 2.24. The van der Waals surface area contributed by atoms with E-state index < -0.39 is 40.1 Å². The van der Waals surface area contributed by atoms with E-state index in [-0.39, 0.29) is 24.6 Å². The van der Waals surface area contributed by atoms with Crippen molar-refractivity contribution < 1.29 is 22.4 Å². The highest BCUT2D eigenvalue weighted by atomic mass is 35.5. The maximum absolute atomic E-state index is 14.7. The van der Waals surface area contributed by atoms with Gasteiger partial charge in [-0.15, -0.1) is 0 Å². The van der Waals surface area contributed by atoms with Gasteiger partial charge in [0.15, 0.2) is 0 Å². The van der Waals surface area contributed by atoms with Gasteiger partial charge in [0.05, 0.1) is 5.69 Å². The number of benzene rings is 2. The minimum Gasteiger partial charge on any atom is -0.350 e. The lowest BCUT2D eigenvalue weighted by atomic mass is 10.1. The van der Waals surface area contributed by atoms with Gasteiger partial charge in [0.25, 0.3) is 0 Å². The van der Waals surface area contributed by atoms with E-state index in [0.29, 0.717) is 14.9 Å². The predicted molar refractivity (Wildman–Crippen MR) is 140 cm³/mol. The molecule has 0 fully saturated rings. The number of carbonyl (C=O) groups excluding carboxylic acids is 2. The van der Waals surface area contributed by atoms with Crippen molar-refractivity contribution in [2.24, 2.45) is 0 Å². The fourth-order valence-corrected chi connectivity index (χ4v) is 4.71. The zero-order chi connectivity index (χ0) is 27.3. The van der Waals surface area contributed by atoms with Gasteiger partial charge < -0.3 is 10.2 Å². The molecule has 0 aliphatic carbocycles. The molecule has 1 N–H and O–H groups in total. The normalized spacial score (nSPS) is 12.8. The number of anilines is 1. The van der Waals surface area contributed by atoms with Crippen LogP contribution in [0.1, 0.15) is 39.7 Å². The summed E-state index contributed by atoms with van der Waals surface area (Å²) in [4.78, 5) is 28.2. The fourth-order valence-electron chi connectivity index (χ4n) is 3.51. The predicted octanol–water partition coefficient (Wildman–Crippen LogP) is 3.81. The van der Waals surface area contributed by atoms with Crippen LogP contribution in [0.5, 0.6) is 0 Å². The molecule has 36 heavy (non-hydrogen) atoms. The first-order valence-electron chi connectivity index (χ1n) is 11.5. The van der Waals surface area contributed by atoms with Gasteiger partial charge in [-0.05, 0) is 57.0 Å². The first-order valence-corrected chi connectivity index (χ1v) is 13.3. The number of rotatable bonds is 10. The summed E-state index contributed by atoms with van der Waals surface area (Å²) in [5, 5.41) is 3.40. The number of para-hydroxylation sites is 1. The quantitative estimate of drug-likeness (QED) is 0.496. The van der Waals surface area contributed by atoms with Gasteiger partial charge in [-0.1, -0.05) is 42.8 Å². The molecule has 2 aromatic carbocycles. The first-order chi connectivity index (χ1) is 16.7. The molecular weight excluding hydrogens is 507 g/mol. The number of carbonyl (C=O) groups is 2. The van der Waals surface area contributed by atoms with E-state index in [1.807, 2.05) is 20.8 Å². The Balaban J connectivity index is 2.53. The van der Waals surface area contributed by atoms with Crippen LogP contribution in [-0.4, -0.2) is 61.7 Å². The van der Waals surface area contributed by atoms with E-state index in [1.165, 1.54) is 37.2 Å². The summed E-state index contributed by atoms with van der Waals surface area (Å²) in [5.41, 5.74) is -0.117. The van der Waals surface area contributed by atoms with E-state index in [4.69, 9.17) is 11.6 Å². The Morgan fingerprint density at radius 1 is 1.06 bits per heavy atom. The Morgan fingerprint density at radius 2 is 1.64 bits per heavy atom. The molecule has 0 bridgehead atoms. The standard InChI is InChI=1S/C25H34ClFN4O4S/c1-7-21(24(33)28-25(2,3)4)30(16-18-12-14-19(26)15-13-18)23(32)17-31(36(34,35)29(5)6)22-11-9-8-10-20(22)27/h8-15,21H,7,16-17H2,1-6H3,(H,28,33). The number of halogens is 2. The van der Waals surface area contributed by atoms with E-state index in [9.17, 15) is 22.4 Å². The van der Waals surface area contributed by atoms with Crippen LogP contribution in [0.25, 0.3) is 0 Å². The highest BCUT2D eigenvalue weighted by molar-refractivity contribution is 7.90. The smallest absolute Gasteiger partial charge is 0.304 e. The number of nitrogens with one attached hydrogen (secondary N) is 1. The third-order valence-corrected chi connectivity index (χ3v) is 7.35. The second kappa shape index (κ2) is 12.0. The molecule has 0 heterocycles. The average Bonchev–Trinajstić information content (AvgIpc) is 2.77. The molecule has 0 saturated carbocycles. The molecular formula is C25H34ClFN4O4S. The van der Waals surface area contributed by atoms with Crippen LogP contribution < -0.4 is 9.62 Å². The summed E-state index contributed by atoms with van der Waals surface area (Å²) >= 11 is 6.00. The van der Waals surface area contributed by atoms with Crippen LogP contribution in [0, 0.1) is 5.82 Å². The zero-order valence-corrected chi connectivity index (χ0v) is 23.0. The first kappa shape index (κ1) is 29.5. The number of hydrogen-bond acceptors (Lipinski definition) is 4. The second-order valence-electron chi connectivity index (χ2n) is 9.56. The third-order valence-electron chi connectivity index (χ3n) is 5.29. The SMILES string of the molecule is CCC(C(=O)NC(C)(C)C)N(Cc1ccc(Cl)cc1)C(=O)CN(c1ccccc1F)S(=O)(=O)N(C)C. The van der Waals surface area contributed by atoms with Gasteiger partial charge in [0.2, 0.25) is 11.8 Å². The van der Waals surface area contributed by atoms with Gasteiger partial charge in [-0.2, -0.15) is 12.7 Å². The van der Waals surface area contributed by atoms with E-state index in [0.717, 1.165) is 10.4 Å². The van der Waals surface area contributed by atoms with Crippen LogP contribution in [0.3, 0.4) is 0 Å². The monoisotopic (exact) mass is 540 g/mol. The molecule has 198 valence electrons. The lowest BCUT2D eigenvalue weighted by Crippen LogP contribution is -2.55. The topological polar surface area (TPSA) is 90.0 Å². The molecule has 2 rings (SSSR count). The maximum atomic E-state index is 14.7. The Labute approximate surface area is 218 Å². The summed E-state index contributed by atoms with van der Waals surface area (Å²) in [6.07, 6.45) is 0.279. The Morgan fingerprint density at radius 3 is 2.14 bits per heavy atom. The van der Waals surface area contributed by atoms with Gasteiger partial charge in [0, 0.05) is 31.2 Å². The molecule has 8 nitrogen and oxygen atoms in total. The van der Waals surface area contributed by atoms with Crippen molar-refractivity contribution in [1.29, 1.82) is 0 Å². The molecule has 0 aromatic heterocycles.